The lowest BCUT2D eigenvalue weighted by Crippen LogP contribution is -2.40. The highest BCUT2D eigenvalue weighted by atomic mass is 79.9. The minimum absolute atomic E-state index is 0.152. The normalized spacial score (nSPS) is 10.8. The van der Waals surface area contributed by atoms with Crippen molar-refractivity contribution in [3.8, 4) is 0 Å². The van der Waals surface area contributed by atoms with Crippen LogP contribution in [0.1, 0.15) is 41.5 Å². The molecule has 136 valence electrons. The molecule has 3 N–H and O–H groups in total. The summed E-state index contributed by atoms with van der Waals surface area (Å²) in [6, 6.07) is 14.0. The van der Waals surface area contributed by atoms with E-state index in [0.717, 1.165) is 0 Å². The summed E-state index contributed by atoms with van der Waals surface area (Å²) < 4.78 is 0.682. The van der Waals surface area contributed by atoms with Crippen LogP contribution in [-0.2, 0) is 0 Å². The number of hydrogen-bond acceptors (Lipinski definition) is 3. The molecule has 2 rings (SSSR count). The molecule has 0 aromatic heterocycles. The van der Waals surface area contributed by atoms with Gasteiger partial charge >= 0.3 is 0 Å². The van der Waals surface area contributed by atoms with Gasteiger partial charge < -0.3 is 10.6 Å². The lowest BCUT2D eigenvalue weighted by Gasteiger charge is -2.20. The topological polar surface area (TPSA) is 70.2 Å². The Morgan fingerprint density at radius 3 is 2.35 bits per heavy atom. The standard InChI is InChI=1S/C19H20BrN3O2S/c1-19(2,3)23-16(24)12-7-6-8-13(11-12)21-18(26)22-17(25)14-9-4-5-10-15(14)20/h4-11H,1-3H3,(H,23,24)(H2,21,22,25,26). The van der Waals surface area contributed by atoms with Gasteiger partial charge in [-0.3, -0.25) is 14.9 Å². The first-order valence-electron chi connectivity index (χ1n) is 7.95. The van der Waals surface area contributed by atoms with E-state index < -0.39 is 0 Å². The summed E-state index contributed by atoms with van der Waals surface area (Å²) in [4.78, 5) is 24.5. The molecule has 2 aromatic carbocycles. The first kappa shape index (κ1) is 20.1. The third-order valence-corrected chi connectivity index (χ3v) is 4.11. The molecule has 0 bridgehead atoms. The molecule has 2 amide bonds. The number of hydrogen-bond donors (Lipinski definition) is 3. The fourth-order valence-electron chi connectivity index (χ4n) is 2.13. The molecule has 0 aliphatic rings. The largest absolute Gasteiger partial charge is 0.347 e. The Kier molecular flexibility index (Phi) is 6.50. The Balaban J connectivity index is 2.03. The first-order chi connectivity index (χ1) is 12.2. The van der Waals surface area contributed by atoms with Crippen molar-refractivity contribution in [2.24, 2.45) is 0 Å². The summed E-state index contributed by atoms with van der Waals surface area (Å²) in [5.41, 5.74) is 1.27. The molecule has 26 heavy (non-hydrogen) atoms. The Bertz CT molecular complexity index is 847. The average Bonchev–Trinajstić information content (AvgIpc) is 2.53. The van der Waals surface area contributed by atoms with E-state index in [9.17, 15) is 9.59 Å². The van der Waals surface area contributed by atoms with Gasteiger partial charge in [-0.05, 0) is 79.3 Å². The zero-order valence-corrected chi connectivity index (χ0v) is 17.1. The molecule has 0 atom stereocenters. The Morgan fingerprint density at radius 2 is 1.69 bits per heavy atom. The molecule has 0 aliphatic carbocycles. The number of carbonyl (C=O) groups is 2. The highest BCUT2D eigenvalue weighted by Gasteiger charge is 2.16. The number of thiocarbonyl (C=S) groups is 1. The predicted octanol–water partition coefficient (Wildman–Crippen LogP) is 4.10. The van der Waals surface area contributed by atoms with Crippen molar-refractivity contribution in [3.05, 3.63) is 64.1 Å². The van der Waals surface area contributed by atoms with Crippen LogP contribution in [0.15, 0.2) is 53.0 Å². The highest BCUT2D eigenvalue weighted by Crippen LogP contribution is 2.16. The van der Waals surface area contributed by atoms with E-state index in [0.29, 0.717) is 21.3 Å². The van der Waals surface area contributed by atoms with Gasteiger partial charge in [-0.1, -0.05) is 18.2 Å². The van der Waals surface area contributed by atoms with Gasteiger partial charge in [0.2, 0.25) is 0 Å². The third kappa shape index (κ3) is 5.93. The van der Waals surface area contributed by atoms with Crippen molar-refractivity contribution in [1.82, 2.24) is 10.6 Å². The quantitative estimate of drug-likeness (QED) is 0.637. The van der Waals surface area contributed by atoms with Gasteiger partial charge in [-0.15, -0.1) is 0 Å². The van der Waals surface area contributed by atoms with Crippen molar-refractivity contribution in [2.75, 3.05) is 5.32 Å². The van der Waals surface area contributed by atoms with Gasteiger partial charge in [-0.25, -0.2) is 0 Å². The second-order valence-corrected chi connectivity index (χ2v) is 7.94. The highest BCUT2D eigenvalue weighted by molar-refractivity contribution is 9.10. The Morgan fingerprint density at radius 1 is 1.00 bits per heavy atom. The van der Waals surface area contributed by atoms with Gasteiger partial charge in [0.15, 0.2) is 5.11 Å². The van der Waals surface area contributed by atoms with Crippen molar-refractivity contribution in [3.63, 3.8) is 0 Å². The molecule has 2 aromatic rings. The monoisotopic (exact) mass is 433 g/mol. The molecule has 0 fully saturated rings. The second kappa shape index (κ2) is 8.42. The molecule has 0 saturated heterocycles. The minimum Gasteiger partial charge on any atom is -0.347 e. The van der Waals surface area contributed by atoms with Crippen molar-refractivity contribution < 1.29 is 9.59 Å². The van der Waals surface area contributed by atoms with Crippen LogP contribution < -0.4 is 16.0 Å². The summed E-state index contributed by atoms with van der Waals surface area (Å²) in [5, 5.41) is 8.60. The zero-order chi connectivity index (χ0) is 19.3. The SMILES string of the molecule is CC(C)(C)NC(=O)c1cccc(NC(=S)NC(=O)c2ccccc2Br)c1. The molecule has 0 saturated carbocycles. The smallest absolute Gasteiger partial charge is 0.258 e. The summed E-state index contributed by atoms with van der Waals surface area (Å²) >= 11 is 8.53. The number of carbonyl (C=O) groups excluding carboxylic acids is 2. The molecule has 7 heteroatoms. The van der Waals surface area contributed by atoms with E-state index in [1.807, 2.05) is 26.8 Å². The van der Waals surface area contributed by atoms with Crippen LogP contribution in [0.4, 0.5) is 5.69 Å². The van der Waals surface area contributed by atoms with E-state index in [2.05, 4.69) is 31.9 Å². The summed E-state index contributed by atoms with van der Waals surface area (Å²) in [7, 11) is 0. The van der Waals surface area contributed by atoms with Crippen molar-refractivity contribution >= 4 is 50.8 Å². The van der Waals surface area contributed by atoms with Crippen LogP contribution in [0.5, 0.6) is 0 Å². The van der Waals surface area contributed by atoms with Crippen LogP contribution in [-0.4, -0.2) is 22.5 Å². The number of nitrogens with one attached hydrogen (secondary N) is 3. The molecule has 0 spiro atoms. The lowest BCUT2D eigenvalue weighted by molar-refractivity contribution is 0.0918. The molecule has 0 heterocycles. The van der Waals surface area contributed by atoms with Crippen molar-refractivity contribution in [1.29, 1.82) is 0 Å². The Labute approximate surface area is 166 Å². The molecule has 0 aliphatic heterocycles. The van der Waals surface area contributed by atoms with Crippen LogP contribution in [0.25, 0.3) is 0 Å². The summed E-state index contributed by atoms with van der Waals surface area (Å²) in [5.74, 6) is -0.499. The predicted molar refractivity (Wildman–Crippen MR) is 111 cm³/mol. The maximum absolute atomic E-state index is 12.3. The van der Waals surface area contributed by atoms with E-state index in [1.54, 1.807) is 42.5 Å². The summed E-state index contributed by atoms with van der Waals surface area (Å²) in [6.45, 7) is 5.75. The second-order valence-electron chi connectivity index (χ2n) is 6.67. The average molecular weight is 434 g/mol. The van der Waals surface area contributed by atoms with Gasteiger partial charge in [0.05, 0.1) is 5.56 Å². The van der Waals surface area contributed by atoms with Crippen LogP contribution in [0, 0.1) is 0 Å². The molecular weight excluding hydrogens is 414 g/mol. The number of anilines is 1. The molecular formula is C19H20BrN3O2S. The van der Waals surface area contributed by atoms with Crippen LogP contribution in [0.2, 0.25) is 0 Å². The number of halogens is 1. The van der Waals surface area contributed by atoms with E-state index >= 15 is 0 Å². The molecule has 5 nitrogen and oxygen atoms in total. The van der Waals surface area contributed by atoms with E-state index in [1.165, 1.54) is 0 Å². The number of benzene rings is 2. The maximum atomic E-state index is 12.3. The molecule has 0 radical (unpaired) electrons. The van der Waals surface area contributed by atoms with E-state index in [4.69, 9.17) is 12.2 Å². The Hall–Kier alpha value is -2.25. The fraction of sp³-hybridized carbons (Fsp3) is 0.211. The van der Waals surface area contributed by atoms with Gasteiger partial charge in [-0.2, -0.15) is 0 Å². The minimum atomic E-state index is -0.327. The van der Waals surface area contributed by atoms with Gasteiger partial charge in [0.25, 0.3) is 11.8 Å². The van der Waals surface area contributed by atoms with Crippen molar-refractivity contribution in [2.45, 2.75) is 26.3 Å². The lowest BCUT2D eigenvalue weighted by atomic mass is 10.1. The van der Waals surface area contributed by atoms with Crippen LogP contribution in [0.3, 0.4) is 0 Å². The summed E-state index contributed by atoms with van der Waals surface area (Å²) in [6.07, 6.45) is 0. The number of amides is 2. The third-order valence-electron chi connectivity index (χ3n) is 3.22. The van der Waals surface area contributed by atoms with Crippen LogP contribution >= 0.6 is 28.1 Å². The molecule has 0 unspecified atom stereocenters. The maximum Gasteiger partial charge on any atom is 0.258 e. The zero-order valence-electron chi connectivity index (χ0n) is 14.7. The fourth-order valence-corrected chi connectivity index (χ4v) is 2.80. The first-order valence-corrected chi connectivity index (χ1v) is 9.15. The van der Waals surface area contributed by atoms with E-state index in [-0.39, 0.29) is 22.5 Å². The van der Waals surface area contributed by atoms with Gasteiger partial charge in [0, 0.05) is 21.3 Å². The number of rotatable bonds is 3. The van der Waals surface area contributed by atoms with Gasteiger partial charge in [0.1, 0.15) is 0 Å².